The highest BCUT2D eigenvalue weighted by Crippen LogP contribution is 2.37. The minimum Gasteiger partial charge on any atom is -0.465 e. The van der Waals surface area contributed by atoms with Crippen LogP contribution in [0.25, 0.3) is 0 Å². The maximum absolute atomic E-state index is 12.7. The van der Waals surface area contributed by atoms with E-state index in [-0.39, 0.29) is 5.97 Å². The monoisotopic (exact) mass is 311 g/mol. The first-order valence-electron chi connectivity index (χ1n) is 8.01. The lowest BCUT2D eigenvalue weighted by Gasteiger charge is -2.40. The van der Waals surface area contributed by atoms with Crippen LogP contribution in [0.4, 0.5) is 5.95 Å². The fourth-order valence-corrected chi connectivity index (χ4v) is 3.18. The molecule has 1 aromatic heterocycles. The summed E-state index contributed by atoms with van der Waals surface area (Å²) in [5, 5.41) is 0. The summed E-state index contributed by atoms with van der Waals surface area (Å²) in [6.07, 6.45) is 4.89. The summed E-state index contributed by atoms with van der Waals surface area (Å²) in [7, 11) is 0. The lowest BCUT2D eigenvalue weighted by molar-refractivity contribution is -0.151. The lowest BCUT2D eigenvalue weighted by atomic mass is 9.73. The Morgan fingerprint density at radius 3 is 2.39 bits per heavy atom. The van der Waals surface area contributed by atoms with E-state index in [1.165, 1.54) is 0 Å². The quantitative estimate of drug-likeness (QED) is 0.812. The average Bonchev–Trinajstić information content (AvgIpc) is 2.63. The van der Waals surface area contributed by atoms with Crippen LogP contribution in [0.15, 0.2) is 48.8 Å². The minimum absolute atomic E-state index is 0.125. The molecule has 3 rings (SSSR count). The number of ether oxygens (including phenoxy) is 1. The van der Waals surface area contributed by atoms with Crippen molar-refractivity contribution in [1.82, 2.24) is 9.97 Å². The molecule has 1 fully saturated rings. The third-order valence-electron chi connectivity index (χ3n) is 4.44. The van der Waals surface area contributed by atoms with E-state index in [1.807, 2.05) is 37.3 Å². The molecule has 0 aliphatic carbocycles. The Balaban J connectivity index is 1.84. The van der Waals surface area contributed by atoms with Crippen LogP contribution in [0.2, 0.25) is 0 Å². The molecule has 2 aromatic rings. The van der Waals surface area contributed by atoms with E-state index < -0.39 is 5.41 Å². The van der Waals surface area contributed by atoms with Gasteiger partial charge in [0.25, 0.3) is 0 Å². The van der Waals surface area contributed by atoms with Gasteiger partial charge >= 0.3 is 5.97 Å². The highest BCUT2D eigenvalue weighted by atomic mass is 16.5. The number of carbonyl (C=O) groups is 1. The molecule has 1 aliphatic heterocycles. The second-order valence-corrected chi connectivity index (χ2v) is 5.70. The number of hydrogen-bond acceptors (Lipinski definition) is 5. The van der Waals surface area contributed by atoms with Gasteiger partial charge in [0.2, 0.25) is 5.95 Å². The smallest absolute Gasteiger partial charge is 0.316 e. The number of hydrogen-bond donors (Lipinski definition) is 0. The van der Waals surface area contributed by atoms with Crippen LogP contribution in [0, 0.1) is 0 Å². The van der Waals surface area contributed by atoms with Crippen molar-refractivity contribution in [2.45, 2.75) is 25.2 Å². The Labute approximate surface area is 136 Å². The van der Waals surface area contributed by atoms with Crippen LogP contribution < -0.4 is 4.90 Å². The van der Waals surface area contributed by atoms with Gasteiger partial charge in [-0.1, -0.05) is 30.3 Å². The molecule has 0 amide bonds. The standard InChI is InChI=1S/C18H21N3O2/c1-2-23-16(22)18(15-7-4-3-5-8-15)9-13-21(14-10-18)17-19-11-6-12-20-17/h3-8,11-12H,2,9-10,13-14H2,1H3. The van der Waals surface area contributed by atoms with Gasteiger partial charge < -0.3 is 9.64 Å². The van der Waals surface area contributed by atoms with E-state index in [4.69, 9.17) is 4.74 Å². The molecule has 0 saturated carbocycles. The Bertz CT molecular complexity index is 638. The summed E-state index contributed by atoms with van der Waals surface area (Å²) in [6, 6.07) is 11.8. The maximum Gasteiger partial charge on any atom is 0.316 e. The molecule has 2 heterocycles. The highest BCUT2D eigenvalue weighted by Gasteiger charge is 2.44. The second kappa shape index (κ2) is 6.77. The molecule has 0 bridgehead atoms. The molecule has 1 aromatic carbocycles. The van der Waals surface area contributed by atoms with E-state index in [0.29, 0.717) is 19.4 Å². The Morgan fingerprint density at radius 2 is 1.78 bits per heavy atom. The first-order chi connectivity index (χ1) is 11.3. The number of benzene rings is 1. The molecule has 1 saturated heterocycles. The highest BCUT2D eigenvalue weighted by molar-refractivity contribution is 5.83. The summed E-state index contributed by atoms with van der Waals surface area (Å²) in [5.74, 6) is 0.595. The third-order valence-corrected chi connectivity index (χ3v) is 4.44. The Kier molecular flexibility index (Phi) is 4.55. The second-order valence-electron chi connectivity index (χ2n) is 5.70. The summed E-state index contributed by atoms with van der Waals surface area (Å²) in [5.41, 5.74) is 0.467. The average molecular weight is 311 g/mol. The molecule has 5 heteroatoms. The Morgan fingerprint density at radius 1 is 1.13 bits per heavy atom. The van der Waals surface area contributed by atoms with E-state index >= 15 is 0 Å². The number of nitrogens with zero attached hydrogens (tertiary/aromatic N) is 3. The number of esters is 1. The van der Waals surface area contributed by atoms with Gasteiger partial charge in [-0.3, -0.25) is 4.79 Å². The van der Waals surface area contributed by atoms with Crippen molar-refractivity contribution < 1.29 is 9.53 Å². The predicted octanol–water partition coefficient (Wildman–Crippen LogP) is 2.58. The van der Waals surface area contributed by atoms with Crippen molar-refractivity contribution >= 4 is 11.9 Å². The number of piperidine rings is 1. The van der Waals surface area contributed by atoms with Gasteiger partial charge in [0.1, 0.15) is 0 Å². The number of carbonyl (C=O) groups excluding carboxylic acids is 1. The topological polar surface area (TPSA) is 55.3 Å². The van der Waals surface area contributed by atoms with Crippen LogP contribution in [0.5, 0.6) is 0 Å². The van der Waals surface area contributed by atoms with E-state index in [9.17, 15) is 4.79 Å². The molecule has 0 N–H and O–H groups in total. The van der Waals surface area contributed by atoms with Gasteiger partial charge in [0, 0.05) is 25.5 Å². The van der Waals surface area contributed by atoms with Crippen molar-refractivity contribution in [3.05, 3.63) is 54.4 Å². The first kappa shape index (κ1) is 15.5. The number of anilines is 1. The van der Waals surface area contributed by atoms with Crippen molar-refractivity contribution in [2.75, 3.05) is 24.6 Å². The van der Waals surface area contributed by atoms with Crippen LogP contribution in [0.3, 0.4) is 0 Å². The summed E-state index contributed by atoms with van der Waals surface area (Å²) < 4.78 is 5.39. The molecule has 0 unspecified atom stereocenters. The van der Waals surface area contributed by atoms with Gasteiger partial charge in [0.05, 0.1) is 12.0 Å². The molecule has 0 atom stereocenters. The summed E-state index contributed by atoms with van der Waals surface area (Å²) in [4.78, 5) is 23.4. The van der Waals surface area contributed by atoms with Crippen LogP contribution in [-0.4, -0.2) is 35.6 Å². The minimum atomic E-state index is -0.567. The molecule has 0 radical (unpaired) electrons. The molecule has 0 spiro atoms. The Hall–Kier alpha value is -2.43. The van der Waals surface area contributed by atoms with Crippen LogP contribution >= 0.6 is 0 Å². The number of rotatable bonds is 4. The van der Waals surface area contributed by atoms with Crippen molar-refractivity contribution in [3.63, 3.8) is 0 Å². The van der Waals surface area contributed by atoms with Gasteiger partial charge in [0.15, 0.2) is 0 Å². The lowest BCUT2D eigenvalue weighted by Crippen LogP contribution is -2.48. The SMILES string of the molecule is CCOC(=O)C1(c2ccccc2)CCN(c2ncccn2)CC1. The summed E-state index contributed by atoms with van der Waals surface area (Å²) >= 11 is 0. The fraction of sp³-hybridized carbons (Fsp3) is 0.389. The fourth-order valence-electron chi connectivity index (χ4n) is 3.18. The molecule has 5 nitrogen and oxygen atoms in total. The van der Waals surface area contributed by atoms with E-state index in [1.54, 1.807) is 18.5 Å². The van der Waals surface area contributed by atoms with Crippen molar-refractivity contribution in [2.24, 2.45) is 0 Å². The van der Waals surface area contributed by atoms with Gasteiger partial charge in [-0.15, -0.1) is 0 Å². The van der Waals surface area contributed by atoms with E-state index in [2.05, 4.69) is 14.9 Å². The molecule has 120 valence electrons. The van der Waals surface area contributed by atoms with Gasteiger partial charge in [-0.05, 0) is 31.4 Å². The largest absolute Gasteiger partial charge is 0.465 e. The van der Waals surface area contributed by atoms with Crippen LogP contribution in [-0.2, 0) is 14.9 Å². The van der Waals surface area contributed by atoms with Gasteiger partial charge in [-0.2, -0.15) is 0 Å². The zero-order valence-electron chi connectivity index (χ0n) is 13.3. The maximum atomic E-state index is 12.7. The van der Waals surface area contributed by atoms with E-state index in [0.717, 1.165) is 24.6 Å². The summed E-state index contributed by atoms with van der Waals surface area (Å²) in [6.45, 7) is 3.72. The molecule has 1 aliphatic rings. The first-order valence-corrected chi connectivity index (χ1v) is 8.01. The zero-order chi connectivity index (χ0) is 16.1. The molecular formula is C18H21N3O2. The normalized spacial score (nSPS) is 16.8. The predicted molar refractivity (Wildman–Crippen MR) is 88.2 cm³/mol. The van der Waals surface area contributed by atoms with Crippen molar-refractivity contribution in [1.29, 1.82) is 0 Å². The molecule has 23 heavy (non-hydrogen) atoms. The van der Waals surface area contributed by atoms with Crippen molar-refractivity contribution in [3.8, 4) is 0 Å². The zero-order valence-corrected chi connectivity index (χ0v) is 13.3. The van der Waals surface area contributed by atoms with Crippen LogP contribution in [0.1, 0.15) is 25.3 Å². The number of aromatic nitrogens is 2. The molecular weight excluding hydrogens is 290 g/mol. The third kappa shape index (κ3) is 3.04. The van der Waals surface area contributed by atoms with Gasteiger partial charge in [-0.25, -0.2) is 9.97 Å².